The van der Waals surface area contributed by atoms with E-state index in [1.807, 2.05) is 0 Å². The van der Waals surface area contributed by atoms with Crippen LogP contribution in [-0.2, 0) is 20.8 Å². The van der Waals surface area contributed by atoms with Gasteiger partial charge in [0, 0.05) is 18.0 Å². The van der Waals surface area contributed by atoms with Gasteiger partial charge in [-0.1, -0.05) is 0 Å². The number of anilines is 1. The predicted octanol–water partition coefficient (Wildman–Crippen LogP) is 2.44. The number of hydrogen-bond acceptors (Lipinski definition) is 9. The van der Waals surface area contributed by atoms with Crippen molar-refractivity contribution in [1.29, 1.82) is 0 Å². The van der Waals surface area contributed by atoms with Crippen molar-refractivity contribution in [2.75, 3.05) is 18.9 Å². The lowest BCUT2D eigenvalue weighted by Gasteiger charge is -2.09. The Morgan fingerprint density at radius 1 is 1.00 bits per heavy atom. The third-order valence-electron chi connectivity index (χ3n) is 3.24. The topological polar surface area (TPSA) is 118 Å². The minimum Gasteiger partial charge on any atom is -0.462 e. The molecule has 0 aliphatic carbocycles. The maximum atomic E-state index is 12.2. The predicted molar refractivity (Wildman–Crippen MR) is 94.0 cm³/mol. The van der Waals surface area contributed by atoms with E-state index in [1.54, 1.807) is 13.8 Å². The second-order valence-electron chi connectivity index (χ2n) is 4.90. The Morgan fingerprint density at radius 3 is 2.23 bits per heavy atom. The van der Waals surface area contributed by atoms with Crippen molar-refractivity contribution in [2.24, 2.45) is 0 Å². The number of rotatable bonds is 7. The average Bonchev–Trinajstić information content (AvgIpc) is 2.97. The molecule has 0 aliphatic heterocycles. The number of nitrogens with zero attached hydrogens (tertiary/aromatic N) is 1. The van der Waals surface area contributed by atoms with Gasteiger partial charge in [0.15, 0.2) is 0 Å². The molecule has 0 unspecified atom stereocenters. The summed E-state index contributed by atoms with van der Waals surface area (Å²) in [7, 11) is 0. The highest BCUT2D eigenvalue weighted by Gasteiger charge is 2.28. The van der Waals surface area contributed by atoms with Crippen LogP contribution in [-0.4, -0.2) is 36.1 Å². The number of esters is 3. The molecule has 2 rings (SSSR count). The zero-order chi connectivity index (χ0) is 19.1. The van der Waals surface area contributed by atoms with Crippen molar-refractivity contribution >= 4 is 34.2 Å². The lowest BCUT2D eigenvalue weighted by atomic mass is 10.1. The van der Waals surface area contributed by atoms with E-state index in [0.29, 0.717) is 5.56 Å². The second kappa shape index (κ2) is 8.95. The van der Waals surface area contributed by atoms with Crippen molar-refractivity contribution < 1.29 is 28.6 Å². The van der Waals surface area contributed by atoms with Crippen molar-refractivity contribution in [2.45, 2.75) is 20.5 Å². The number of thiophene rings is 1. The van der Waals surface area contributed by atoms with Gasteiger partial charge in [0.25, 0.3) is 0 Å². The van der Waals surface area contributed by atoms with Gasteiger partial charge in [0.2, 0.25) is 0 Å². The fourth-order valence-corrected chi connectivity index (χ4v) is 3.08. The van der Waals surface area contributed by atoms with Gasteiger partial charge in [-0.05, 0) is 26.0 Å². The summed E-state index contributed by atoms with van der Waals surface area (Å²) in [5, 5.41) is 0.0986. The zero-order valence-electron chi connectivity index (χ0n) is 14.3. The molecule has 0 radical (unpaired) electrons. The van der Waals surface area contributed by atoms with Gasteiger partial charge >= 0.3 is 17.9 Å². The Bertz CT molecular complexity index is 803. The lowest BCUT2D eigenvalue weighted by molar-refractivity contribution is 0.0437. The average molecular weight is 378 g/mol. The molecule has 2 aromatic heterocycles. The molecule has 26 heavy (non-hydrogen) atoms. The van der Waals surface area contributed by atoms with Crippen LogP contribution in [0.5, 0.6) is 0 Å². The van der Waals surface area contributed by atoms with E-state index in [9.17, 15) is 14.4 Å². The normalized spacial score (nSPS) is 10.2. The Hall–Kier alpha value is -2.94. The lowest BCUT2D eigenvalue weighted by Crippen LogP contribution is -2.14. The van der Waals surface area contributed by atoms with E-state index in [4.69, 9.17) is 19.9 Å². The maximum Gasteiger partial charge on any atom is 0.348 e. The summed E-state index contributed by atoms with van der Waals surface area (Å²) in [4.78, 5) is 40.4. The summed E-state index contributed by atoms with van der Waals surface area (Å²) >= 11 is 0.892. The van der Waals surface area contributed by atoms with Gasteiger partial charge in [-0.25, -0.2) is 14.4 Å². The van der Waals surface area contributed by atoms with Crippen LogP contribution < -0.4 is 5.73 Å². The Labute approximate surface area is 153 Å². The Balaban J connectivity index is 2.32. The SMILES string of the molecule is CCOC(=O)c1sc(N)c(C(=O)OCC)c1COC(=O)c1ccncc1. The van der Waals surface area contributed by atoms with Crippen LogP contribution in [0.4, 0.5) is 5.00 Å². The Morgan fingerprint density at radius 2 is 1.62 bits per heavy atom. The van der Waals surface area contributed by atoms with Gasteiger partial charge in [-0.2, -0.15) is 0 Å². The molecule has 0 saturated heterocycles. The van der Waals surface area contributed by atoms with Crippen molar-refractivity contribution in [3.8, 4) is 0 Å². The van der Waals surface area contributed by atoms with Crippen LogP contribution in [0, 0.1) is 0 Å². The van der Waals surface area contributed by atoms with Gasteiger partial charge in [-0.15, -0.1) is 11.3 Å². The smallest absolute Gasteiger partial charge is 0.348 e. The van der Waals surface area contributed by atoms with Gasteiger partial charge in [0.05, 0.1) is 18.8 Å². The molecular weight excluding hydrogens is 360 g/mol. The number of hydrogen-bond donors (Lipinski definition) is 1. The van der Waals surface area contributed by atoms with Crippen LogP contribution in [0.2, 0.25) is 0 Å². The number of nitrogen functional groups attached to an aromatic ring is 1. The molecule has 0 aliphatic rings. The molecule has 0 atom stereocenters. The molecule has 0 spiro atoms. The first-order valence-corrected chi connectivity index (χ1v) is 8.63. The molecule has 0 aromatic carbocycles. The number of carbonyl (C=O) groups excluding carboxylic acids is 3. The number of aromatic nitrogens is 1. The highest BCUT2D eigenvalue weighted by atomic mass is 32.1. The maximum absolute atomic E-state index is 12.2. The first-order chi connectivity index (χ1) is 12.5. The molecule has 0 amide bonds. The first kappa shape index (κ1) is 19.4. The fourth-order valence-electron chi connectivity index (χ4n) is 2.12. The van der Waals surface area contributed by atoms with E-state index in [1.165, 1.54) is 24.5 Å². The standard InChI is InChI=1S/C17H18N2O6S/c1-3-23-16(21)12-11(13(26-14(12)18)17(22)24-4-2)9-25-15(20)10-5-7-19-8-6-10/h5-8H,3-4,9,18H2,1-2H3. The number of carbonyl (C=O) groups is 3. The molecule has 2 heterocycles. The molecule has 0 saturated carbocycles. The van der Waals surface area contributed by atoms with Gasteiger partial charge in [0.1, 0.15) is 22.0 Å². The van der Waals surface area contributed by atoms with E-state index in [0.717, 1.165) is 11.3 Å². The van der Waals surface area contributed by atoms with Crippen LogP contribution in [0.15, 0.2) is 24.5 Å². The highest BCUT2D eigenvalue weighted by Crippen LogP contribution is 2.33. The highest BCUT2D eigenvalue weighted by molar-refractivity contribution is 7.18. The number of ether oxygens (including phenoxy) is 3. The van der Waals surface area contributed by atoms with E-state index in [-0.39, 0.29) is 40.8 Å². The third kappa shape index (κ3) is 4.37. The first-order valence-electron chi connectivity index (χ1n) is 7.82. The molecule has 8 nitrogen and oxygen atoms in total. The third-order valence-corrected chi connectivity index (χ3v) is 4.28. The molecule has 0 fully saturated rings. The minimum absolute atomic E-state index is 0.0161. The van der Waals surface area contributed by atoms with Crippen LogP contribution in [0.1, 0.15) is 49.8 Å². The van der Waals surface area contributed by atoms with E-state index >= 15 is 0 Å². The van der Waals surface area contributed by atoms with Gasteiger partial charge < -0.3 is 19.9 Å². The summed E-state index contributed by atoms with van der Waals surface area (Å²) < 4.78 is 15.2. The fraction of sp³-hybridized carbons (Fsp3) is 0.294. The summed E-state index contributed by atoms with van der Waals surface area (Å²) in [5.41, 5.74) is 6.37. The monoisotopic (exact) mass is 378 g/mol. The summed E-state index contributed by atoms with van der Waals surface area (Å²) in [6.07, 6.45) is 2.90. The second-order valence-corrected chi connectivity index (χ2v) is 5.95. The minimum atomic E-state index is -0.688. The summed E-state index contributed by atoms with van der Waals surface area (Å²) in [6, 6.07) is 2.98. The molecule has 9 heteroatoms. The van der Waals surface area contributed by atoms with Crippen molar-refractivity contribution in [3.05, 3.63) is 46.1 Å². The largest absolute Gasteiger partial charge is 0.462 e. The van der Waals surface area contributed by atoms with Crippen molar-refractivity contribution in [3.63, 3.8) is 0 Å². The van der Waals surface area contributed by atoms with E-state index < -0.39 is 17.9 Å². The number of pyridine rings is 1. The van der Waals surface area contributed by atoms with Crippen LogP contribution in [0.25, 0.3) is 0 Å². The quantitative estimate of drug-likeness (QED) is 0.576. The summed E-state index contributed by atoms with van der Waals surface area (Å²) in [6.45, 7) is 3.28. The Kier molecular flexibility index (Phi) is 6.67. The van der Waals surface area contributed by atoms with E-state index in [2.05, 4.69) is 4.98 Å². The molecule has 0 bridgehead atoms. The van der Waals surface area contributed by atoms with Crippen LogP contribution >= 0.6 is 11.3 Å². The van der Waals surface area contributed by atoms with Crippen LogP contribution in [0.3, 0.4) is 0 Å². The van der Waals surface area contributed by atoms with Crippen molar-refractivity contribution in [1.82, 2.24) is 4.98 Å². The molecule has 2 aromatic rings. The molecular formula is C17H18N2O6S. The number of nitrogens with two attached hydrogens (primary N) is 1. The molecule has 138 valence electrons. The molecule has 2 N–H and O–H groups in total. The summed E-state index contributed by atoms with van der Waals surface area (Å²) in [5.74, 6) is -1.96. The van der Waals surface area contributed by atoms with Gasteiger partial charge in [-0.3, -0.25) is 4.98 Å². The zero-order valence-corrected chi connectivity index (χ0v) is 15.1.